The van der Waals surface area contributed by atoms with Gasteiger partial charge in [-0.05, 0) is 73.5 Å². The summed E-state index contributed by atoms with van der Waals surface area (Å²) in [5, 5.41) is 19.7. The molecule has 0 unspecified atom stereocenters. The van der Waals surface area contributed by atoms with Gasteiger partial charge in [0.25, 0.3) is 15.9 Å². The van der Waals surface area contributed by atoms with Gasteiger partial charge in [-0.1, -0.05) is 0 Å². The Balaban J connectivity index is 1.47. The van der Waals surface area contributed by atoms with Crippen molar-refractivity contribution in [2.24, 2.45) is 0 Å². The van der Waals surface area contributed by atoms with E-state index in [4.69, 9.17) is 0 Å². The van der Waals surface area contributed by atoms with Crippen molar-refractivity contribution in [3.05, 3.63) is 77.7 Å². The number of phenols is 1. The number of rotatable bonds is 6. The molecule has 10 nitrogen and oxygen atoms in total. The van der Waals surface area contributed by atoms with E-state index in [1.54, 1.807) is 18.2 Å². The first-order chi connectivity index (χ1) is 15.7. The highest BCUT2D eigenvalue weighted by Crippen LogP contribution is 2.31. The quantitative estimate of drug-likeness (QED) is 0.342. The molecule has 4 N–H and O–H groups in total. The lowest BCUT2D eigenvalue weighted by molar-refractivity contribution is 0.102. The zero-order valence-electron chi connectivity index (χ0n) is 17.7. The molecule has 0 bridgehead atoms. The molecule has 0 aliphatic heterocycles. The Morgan fingerprint density at radius 3 is 2.36 bits per heavy atom. The van der Waals surface area contributed by atoms with Crippen molar-refractivity contribution in [2.75, 3.05) is 10.0 Å². The number of aromatic nitrogens is 4. The topological polar surface area (TPSA) is 150 Å². The van der Waals surface area contributed by atoms with Gasteiger partial charge in [-0.25, -0.2) is 23.1 Å². The number of sulfonamides is 1. The van der Waals surface area contributed by atoms with Crippen LogP contribution < -0.4 is 10.0 Å². The van der Waals surface area contributed by atoms with E-state index in [-0.39, 0.29) is 22.3 Å². The standard InChI is InChI=1S/C22H20N6O4S/c1-13-10-17(20(29)11-14(13)2)18-12-19(27-26-18)21(30)25-15-4-6-16(7-5-15)33(31,32)28-22-23-8-3-9-24-22/h3-12,29H,1-2H3,(H,25,30)(H,26,27)(H,23,24,28). The first-order valence-corrected chi connectivity index (χ1v) is 11.3. The second-order valence-electron chi connectivity index (χ2n) is 7.28. The van der Waals surface area contributed by atoms with Gasteiger partial charge < -0.3 is 10.4 Å². The SMILES string of the molecule is Cc1cc(O)c(-c2cc(C(=O)Nc3ccc(S(=O)(=O)Nc4ncccn4)cc3)[nH]n2)cc1C. The van der Waals surface area contributed by atoms with Crippen LogP contribution in [0, 0.1) is 13.8 Å². The van der Waals surface area contributed by atoms with E-state index in [1.165, 1.54) is 42.7 Å². The number of aromatic hydroxyl groups is 1. The van der Waals surface area contributed by atoms with Crippen LogP contribution >= 0.6 is 0 Å². The molecule has 0 saturated carbocycles. The highest BCUT2D eigenvalue weighted by Gasteiger charge is 2.17. The highest BCUT2D eigenvalue weighted by molar-refractivity contribution is 7.92. The van der Waals surface area contributed by atoms with Crippen LogP contribution in [-0.4, -0.2) is 39.6 Å². The van der Waals surface area contributed by atoms with Gasteiger partial charge in [-0.2, -0.15) is 5.10 Å². The van der Waals surface area contributed by atoms with Crippen molar-refractivity contribution in [2.45, 2.75) is 18.7 Å². The smallest absolute Gasteiger partial charge is 0.273 e. The predicted molar refractivity (Wildman–Crippen MR) is 122 cm³/mol. The minimum atomic E-state index is -3.88. The number of amides is 1. The minimum Gasteiger partial charge on any atom is -0.507 e. The van der Waals surface area contributed by atoms with Gasteiger partial charge in [0.05, 0.1) is 10.6 Å². The number of aryl methyl sites for hydroxylation is 2. The molecule has 0 fully saturated rings. The third-order valence-corrected chi connectivity index (χ3v) is 6.27. The molecule has 0 aliphatic carbocycles. The van der Waals surface area contributed by atoms with Crippen molar-refractivity contribution in [1.29, 1.82) is 0 Å². The molecule has 0 atom stereocenters. The van der Waals surface area contributed by atoms with Crippen molar-refractivity contribution >= 4 is 27.6 Å². The first-order valence-electron chi connectivity index (χ1n) is 9.80. The van der Waals surface area contributed by atoms with Gasteiger partial charge in [-0.3, -0.25) is 9.89 Å². The number of H-pyrrole nitrogens is 1. The van der Waals surface area contributed by atoms with E-state index < -0.39 is 15.9 Å². The first kappa shape index (κ1) is 22.0. The van der Waals surface area contributed by atoms with Crippen LogP contribution in [0.4, 0.5) is 11.6 Å². The molecule has 1 amide bonds. The van der Waals surface area contributed by atoms with Crippen LogP contribution in [0.1, 0.15) is 21.6 Å². The zero-order valence-corrected chi connectivity index (χ0v) is 18.5. The van der Waals surface area contributed by atoms with Gasteiger partial charge in [0, 0.05) is 23.6 Å². The Morgan fingerprint density at radius 1 is 1.00 bits per heavy atom. The second kappa shape index (κ2) is 8.71. The van der Waals surface area contributed by atoms with Crippen LogP contribution in [0.25, 0.3) is 11.3 Å². The maximum absolute atomic E-state index is 12.6. The molecule has 2 heterocycles. The molecule has 2 aromatic carbocycles. The molecule has 33 heavy (non-hydrogen) atoms. The summed E-state index contributed by atoms with van der Waals surface area (Å²) < 4.78 is 27.2. The van der Waals surface area contributed by atoms with Gasteiger partial charge in [0.15, 0.2) is 0 Å². The largest absolute Gasteiger partial charge is 0.507 e. The van der Waals surface area contributed by atoms with Gasteiger partial charge in [-0.15, -0.1) is 0 Å². The molecule has 4 rings (SSSR count). The fourth-order valence-electron chi connectivity index (χ4n) is 3.03. The summed E-state index contributed by atoms with van der Waals surface area (Å²) in [6.45, 7) is 3.81. The van der Waals surface area contributed by atoms with Gasteiger partial charge >= 0.3 is 0 Å². The summed E-state index contributed by atoms with van der Waals surface area (Å²) in [5.41, 5.74) is 3.44. The van der Waals surface area contributed by atoms with Crippen molar-refractivity contribution in [3.63, 3.8) is 0 Å². The molecule has 2 aromatic heterocycles. The van der Waals surface area contributed by atoms with Crippen LogP contribution in [0.5, 0.6) is 5.75 Å². The van der Waals surface area contributed by atoms with E-state index in [1.807, 2.05) is 13.8 Å². The number of nitrogens with one attached hydrogen (secondary N) is 3. The molecule has 0 radical (unpaired) electrons. The summed E-state index contributed by atoms with van der Waals surface area (Å²) in [6, 6.07) is 12.2. The molecule has 0 aliphatic rings. The lowest BCUT2D eigenvalue weighted by Gasteiger charge is -2.08. The minimum absolute atomic E-state index is 0.0120. The maximum Gasteiger partial charge on any atom is 0.273 e. The molecule has 0 spiro atoms. The Hall–Kier alpha value is -4.25. The lowest BCUT2D eigenvalue weighted by Crippen LogP contribution is -2.15. The van der Waals surface area contributed by atoms with Crippen LogP contribution in [-0.2, 0) is 10.0 Å². The predicted octanol–water partition coefficient (Wildman–Crippen LogP) is 3.24. The third kappa shape index (κ3) is 4.83. The zero-order chi connectivity index (χ0) is 23.6. The number of aromatic amines is 1. The fourth-order valence-corrected chi connectivity index (χ4v) is 3.99. The number of carbonyl (C=O) groups is 1. The number of phenolic OH excluding ortho intramolecular Hbond substituents is 1. The summed E-state index contributed by atoms with van der Waals surface area (Å²) in [6.07, 6.45) is 2.84. The number of hydrogen-bond donors (Lipinski definition) is 4. The normalized spacial score (nSPS) is 11.2. The van der Waals surface area contributed by atoms with Crippen molar-refractivity contribution in [1.82, 2.24) is 20.2 Å². The Kier molecular flexibility index (Phi) is 5.80. The molecule has 11 heteroatoms. The van der Waals surface area contributed by atoms with Crippen LogP contribution in [0.15, 0.2) is 65.8 Å². The molecular weight excluding hydrogens is 444 g/mol. The number of benzene rings is 2. The van der Waals surface area contributed by atoms with Crippen LogP contribution in [0.3, 0.4) is 0 Å². The Labute approximate surface area is 189 Å². The average molecular weight is 465 g/mol. The summed E-state index contributed by atoms with van der Waals surface area (Å²) in [5.74, 6) is -0.439. The maximum atomic E-state index is 12.6. The number of anilines is 2. The number of carbonyl (C=O) groups excluding carboxylic acids is 1. The summed E-state index contributed by atoms with van der Waals surface area (Å²) >= 11 is 0. The lowest BCUT2D eigenvalue weighted by atomic mass is 10.0. The van der Waals surface area contributed by atoms with Crippen LogP contribution in [0.2, 0.25) is 0 Å². The van der Waals surface area contributed by atoms with Gasteiger partial charge in [0.1, 0.15) is 11.4 Å². The Morgan fingerprint density at radius 2 is 1.67 bits per heavy atom. The second-order valence-corrected chi connectivity index (χ2v) is 8.96. The summed E-state index contributed by atoms with van der Waals surface area (Å²) in [4.78, 5) is 20.3. The van der Waals surface area contributed by atoms with E-state index >= 15 is 0 Å². The van der Waals surface area contributed by atoms with Crippen molar-refractivity contribution < 1.29 is 18.3 Å². The van der Waals surface area contributed by atoms with E-state index in [9.17, 15) is 18.3 Å². The molecule has 168 valence electrons. The highest BCUT2D eigenvalue weighted by atomic mass is 32.2. The summed E-state index contributed by atoms with van der Waals surface area (Å²) in [7, 11) is -3.88. The van der Waals surface area contributed by atoms with Crippen molar-refractivity contribution in [3.8, 4) is 17.0 Å². The van der Waals surface area contributed by atoms with E-state index in [2.05, 4.69) is 30.2 Å². The van der Waals surface area contributed by atoms with E-state index in [0.717, 1.165) is 11.1 Å². The Bertz CT molecular complexity index is 1420. The molecule has 0 saturated heterocycles. The average Bonchev–Trinajstić information content (AvgIpc) is 3.27. The fraction of sp³-hybridized carbons (Fsp3) is 0.0909. The number of hydrogen-bond acceptors (Lipinski definition) is 7. The number of nitrogens with zero attached hydrogens (tertiary/aromatic N) is 3. The third-order valence-electron chi connectivity index (χ3n) is 4.92. The monoisotopic (exact) mass is 464 g/mol. The van der Waals surface area contributed by atoms with E-state index in [0.29, 0.717) is 16.9 Å². The molecular formula is C22H20N6O4S. The van der Waals surface area contributed by atoms with Gasteiger partial charge in [0.2, 0.25) is 5.95 Å². The molecule has 4 aromatic rings.